The van der Waals surface area contributed by atoms with Gasteiger partial charge < -0.3 is 9.47 Å². The van der Waals surface area contributed by atoms with Crippen molar-refractivity contribution in [2.75, 3.05) is 7.05 Å². The zero-order valence-electron chi connectivity index (χ0n) is 10.7. The molecule has 1 unspecified atom stereocenters. The van der Waals surface area contributed by atoms with Crippen LogP contribution >= 0.6 is 0 Å². The summed E-state index contributed by atoms with van der Waals surface area (Å²) in [4.78, 5) is 17.9. The topological polar surface area (TPSA) is 38.1 Å². The van der Waals surface area contributed by atoms with Gasteiger partial charge in [-0.1, -0.05) is 0 Å². The third-order valence-corrected chi connectivity index (χ3v) is 3.15. The molecule has 0 aliphatic carbocycles. The SMILES string of the molecule is CC(c1ccncc1)N(C)C(=O)Cn1cccc1. The highest BCUT2D eigenvalue weighted by molar-refractivity contribution is 5.76. The minimum Gasteiger partial charge on any atom is -0.345 e. The van der Waals surface area contributed by atoms with Crippen molar-refractivity contribution in [2.45, 2.75) is 19.5 Å². The second kappa shape index (κ2) is 5.49. The average Bonchev–Trinajstić information content (AvgIpc) is 2.91. The summed E-state index contributed by atoms with van der Waals surface area (Å²) in [6.45, 7) is 2.39. The van der Waals surface area contributed by atoms with E-state index in [1.54, 1.807) is 17.3 Å². The van der Waals surface area contributed by atoms with Crippen molar-refractivity contribution in [1.82, 2.24) is 14.5 Å². The number of pyridine rings is 1. The van der Waals surface area contributed by atoms with Crippen molar-refractivity contribution in [3.63, 3.8) is 0 Å². The minimum absolute atomic E-state index is 0.0519. The van der Waals surface area contributed by atoms with Gasteiger partial charge in [0.25, 0.3) is 0 Å². The van der Waals surface area contributed by atoms with Gasteiger partial charge in [0.2, 0.25) is 5.91 Å². The Morgan fingerprint density at radius 3 is 2.56 bits per heavy atom. The van der Waals surface area contributed by atoms with Crippen LogP contribution in [0.25, 0.3) is 0 Å². The molecule has 0 spiro atoms. The first-order valence-corrected chi connectivity index (χ1v) is 5.95. The zero-order chi connectivity index (χ0) is 13.0. The maximum Gasteiger partial charge on any atom is 0.242 e. The van der Waals surface area contributed by atoms with Crippen LogP contribution in [0.5, 0.6) is 0 Å². The van der Waals surface area contributed by atoms with Crippen LogP contribution in [0, 0.1) is 0 Å². The number of aromatic nitrogens is 2. The molecule has 0 N–H and O–H groups in total. The number of nitrogens with zero attached hydrogens (tertiary/aromatic N) is 3. The Balaban J connectivity index is 2.02. The highest BCUT2D eigenvalue weighted by Gasteiger charge is 2.17. The van der Waals surface area contributed by atoms with Crippen LogP contribution in [0.2, 0.25) is 0 Å². The molecule has 2 aromatic heterocycles. The molecule has 0 aliphatic rings. The van der Waals surface area contributed by atoms with Crippen molar-refractivity contribution in [1.29, 1.82) is 0 Å². The van der Waals surface area contributed by atoms with Gasteiger partial charge in [-0.3, -0.25) is 9.78 Å². The molecule has 1 atom stereocenters. The maximum atomic E-state index is 12.1. The summed E-state index contributed by atoms with van der Waals surface area (Å²) < 4.78 is 1.87. The molecule has 0 saturated carbocycles. The quantitative estimate of drug-likeness (QED) is 0.824. The first-order chi connectivity index (χ1) is 8.68. The Morgan fingerprint density at radius 1 is 1.33 bits per heavy atom. The van der Waals surface area contributed by atoms with Crippen LogP contribution in [0.3, 0.4) is 0 Å². The fourth-order valence-electron chi connectivity index (χ4n) is 1.82. The zero-order valence-corrected chi connectivity index (χ0v) is 10.7. The second-order valence-electron chi connectivity index (χ2n) is 4.32. The summed E-state index contributed by atoms with van der Waals surface area (Å²) in [7, 11) is 1.83. The normalized spacial score (nSPS) is 12.1. The lowest BCUT2D eigenvalue weighted by Crippen LogP contribution is -2.32. The molecular weight excluding hydrogens is 226 g/mol. The van der Waals surface area contributed by atoms with Gasteiger partial charge in [0.15, 0.2) is 0 Å². The van der Waals surface area contributed by atoms with E-state index in [4.69, 9.17) is 0 Å². The van der Waals surface area contributed by atoms with Crippen molar-refractivity contribution in [3.05, 3.63) is 54.6 Å². The highest BCUT2D eigenvalue weighted by atomic mass is 16.2. The lowest BCUT2D eigenvalue weighted by Gasteiger charge is -2.25. The van der Waals surface area contributed by atoms with E-state index < -0.39 is 0 Å². The first-order valence-electron chi connectivity index (χ1n) is 5.95. The number of carbonyl (C=O) groups excluding carboxylic acids is 1. The van der Waals surface area contributed by atoms with Crippen LogP contribution in [-0.4, -0.2) is 27.4 Å². The third kappa shape index (κ3) is 2.77. The number of hydrogen-bond acceptors (Lipinski definition) is 2. The number of rotatable bonds is 4. The van der Waals surface area contributed by atoms with Crippen LogP contribution in [0.15, 0.2) is 49.1 Å². The van der Waals surface area contributed by atoms with Gasteiger partial charge in [-0.2, -0.15) is 0 Å². The summed E-state index contributed by atoms with van der Waals surface area (Å²) in [5.41, 5.74) is 1.09. The standard InChI is InChI=1S/C14H17N3O/c1-12(13-5-7-15-8-6-13)16(2)14(18)11-17-9-3-4-10-17/h3-10,12H,11H2,1-2H3. The number of amides is 1. The maximum absolute atomic E-state index is 12.1. The Bertz CT molecular complexity index is 493. The molecule has 4 heteroatoms. The lowest BCUT2D eigenvalue weighted by atomic mass is 10.1. The highest BCUT2D eigenvalue weighted by Crippen LogP contribution is 2.17. The van der Waals surface area contributed by atoms with Gasteiger partial charge in [-0.15, -0.1) is 0 Å². The van der Waals surface area contributed by atoms with E-state index in [-0.39, 0.29) is 11.9 Å². The fourth-order valence-corrected chi connectivity index (χ4v) is 1.82. The summed E-state index contributed by atoms with van der Waals surface area (Å²) >= 11 is 0. The van der Waals surface area contributed by atoms with E-state index in [9.17, 15) is 4.79 Å². The molecule has 0 aromatic carbocycles. The molecular formula is C14H17N3O. The third-order valence-electron chi connectivity index (χ3n) is 3.15. The average molecular weight is 243 g/mol. The summed E-state index contributed by atoms with van der Waals surface area (Å²) in [6, 6.07) is 7.75. The first kappa shape index (κ1) is 12.4. The largest absolute Gasteiger partial charge is 0.345 e. The molecule has 0 bridgehead atoms. The van der Waals surface area contributed by atoms with Crippen molar-refractivity contribution >= 4 is 5.91 Å². The van der Waals surface area contributed by atoms with Crippen molar-refractivity contribution in [2.24, 2.45) is 0 Å². The van der Waals surface area contributed by atoms with Gasteiger partial charge in [0.05, 0.1) is 6.04 Å². The molecule has 0 saturated heterocycles. The van der Waals surface area contributed by atoms with Gasteiger partial charge in [0.1, 0.15) is 6.54 Å². The molecule has 2 aromatic rings. The second-order valence-corrected chi connectivity index (χ2v) is 4.32. The monoisotopic (exact) mass is 243 g/mol. The van der Waals surface area contributed by atoms with Gasteiger partial charge >= 0.3 is 0 Å². The van der Waals surface area contributed by atoms with E-state index in [2.05, 4.69) is 4.98 Å². The predicted octanol–water partition coefficient (Wildman–Crippen LogP) is 2.10. The Morgan fingerprint density at radius 2 is 1.94 bits per heavy atom. The van der Waals surface area contributed by atoms with Crippen LogP contribution in [0.1, 0.15) is 18.5 Å². The molecule has 18 heavy (non-hydrogen) atoms. The molecule has 0 aliphatic heterocycles. The Labute approximate surface area is 107 Å². The smallest absolute Gasteiger partial charge is 0.242 e. The minimum atomic E-state index is 0.0519. The van der Waals surface area contributed by atoms with E-state index >= 15 is 0 Å². The lowest BCUT2D eigenvalue weighted by molar-refractivity contribution is -0.132. The Kier molecular flexibility index (Phi) is 3.77. The summed E-state index contributed by atoms with van der Waals surface area (Å²) in [6.07, 6.45) is 7.28. The summed E-state index contributed by atoms with van der Waals surface area (Å²) in [5.74, 6) is 0.0931. The number of carbonyl (C=O) groups is 1. The molecule has 0 radical (unpaired) electrons. The van der Waals surface area contributed by atoms with Gasteiger partial charge in [0, 0.05) is 31.8 Å². The molecule has 0 fully saturated rings. The van der Waals surface area contributed by atoms with Crippen LogP contribution < -0.4 is 0 Å². The molecule has 94 valence electrons. The molecule has 2 rings (SSSR count). The van der Waals surface area contributed by atoms with Gasteiger partial charge in [-0.25, -0.2) is 0 Å². The van der Waals surface area contributed by atoms with Crippen LogP contribution in [0.4, 0.5) is 0 Å². The van der Waals surface area contributed by atoms with Crippen molar-refractivity contribution in [3.8, 4) is 0 Å². The molecule has 1 amide bonds. The molecule has 4 nitrogen and oxygen atoms in total. The summed E-state index contributed by atoms with van der Waals surface area (Å²) in [5, 5.41) is 0. The molecule has 2 heterocycles. The Hall–Kier alpha value is -2.10. The van der Waals surface area contributed by atoms with E-state index in [0.717, 1.165) is 5.56 Å². The van der Waals surface area contributed by atoms with E-state index in [0.29, 0.717) is 6.54 Å². The van der Waals surface area contributed by atoms with Gasteiger partial charge in [-0.05, 0) is 36.8 Å². The van der Waals surface area contributed by atoms with E-state index in [1.165, 1.54) is 0 Å². The van der Waals surface area contributed by atoms with E-state index in [1.807, 2.05) is 55.2 Å². The fraction of sp³-hybridized carbons (Fsp3) is 0.286. The number of hydrogen-bond donors (Lipinski definition) is 0. The number of likely N-dealkylation sites (N-methyl/N-ethyl adjacent to an activating group) is 1. The predicted molar refractivity (Wildman–Crippen MR) is 69.9 cm³/mol. The van der Waals surface area contributed by atoms with Crippen LogP contribution in [-0.2, 0) is 11.3 Å². The van der Waals surface area contributed by atoms with Crippen molar-refractivity contribution < 1.29 is 4.79 Å².